The molecule has 0 spiro atoms. The van der Waals surface area contributed by atoms with Gasteiger partial charge in [0.2, 0.25) is 0 Å². The van der Waals surface area contributed by atoms with Crippen molar-refractivity contribution < 1.29 is 9.47 Å². The quantitative estimate of drug-likeness (QED) is 0.626. The van der Waals surface area contributed by atoms with Gasteiger partial charge < -0.3 is 19.7 Å². The molecular formula is C21H26Cl2N4O3S. The molecule has 2 heterocycles. The maximum atomic E-state index is 13.2. The van der Waals surface area contributed by atoms with E-state index in [-0.39, 0.29) is 17.7 Å². The van der Waals surface area contributed by atoms with E-state index in [4.69, 9.17) is 44.9 Å². The average Bonchev–Trinajstić information content (AvgIpc) is 3.14. The van der Waals surface area contributed by atoms with Crippen LogP contribution >= 0.6 is 35.4 Å². The van der Waals surface area contributed by atoms with Crippen LogP contribution in [0.1, 0.15) is 19.5 Å². The predicted octanol–water partition coefficient (Wildman–Crippen LogP) is 3.75. The third-order valence-corrected chi connectivity index (χ3v) is 6.26. The minimum Gasteiger partial charge on any atom is -0.474 e. The summed E-state index contributed by atoms with van der Waals surface area (Å²) in [5, 5.41) is 4.79. The Morgan fingerprint density at radius 3 is 2.68 bits per heavy atom. The Kier molecular flexibility index (Phi) is 7.80. The van der Waals surface area contributed by atoms with Crippen LogP contribution in [0.4, 0.5) is 5.82 Å². The first-order chi connectivity index (χ1) is 14.8. The second-order valence-corrected chi connectivity index (χ2v) is 8.41. The minimum absolute atomic E-state index is 0.0873. The topological polar surface area (TPSA) is 68.6 Å². The van der Waals surface area contributed by atoms with Crippen LogP contribution in [0.5, 0.6) is 0 Å². The summed E-state index contributed by atoms with van der Waals surface area (Å²) >= 11 is 17.6. The molecule has 31 heavy (non-hydrogen) atoms. The highest BCUT2D eigenvalue weighted by molar-refractivity contribution is 7.80. The number of methoxy groups -OCH3 is 1. The molecule has 1 N–H and O–H groups in total. The third-order valence-electron chi connectivity index (χ3n) is 5.29. The Balaban J connectivity index is 1.99. The number of thiocarbonyl (C=S) groups is 1. The SMILES string of the molecule is CCO[C@H]1CN(C(=S)OC)C[C@H]1Nc1c(CC)nc(-c2ccc(Cl)cc2Cl)c(=O)n1C. The zero-order chi connectivity index (χ0) is 22.7. The summed E-state index contributed by atoms with van der Waals surface area (Å²) in [5.41, 5.74) is 1.35. The molecule has 0 aliphatic carbocycles. The second kappa shape index (κ2) is 10.2. The number of likely N-dealkylation sites (tertiary alicyclic amines) is 1. The molecule has 1 aromatic carbocycles. The maximum absolute atomic E-state index is 13.2. The highest BCUT2D eigenvalue weighted by atomic mass is 35.5. The average molecular weight is 485 g/mol. The van der Waals surface area contributed by atoms with E-state index >= 15 is 0 Å². The molecule has 0 radical (unpaired) electrons. The molecule has 1 aromatic heterocycles. The molecule has 0 unspecified atom stereocenters. The van der Waals surface area contributed by atoms with Crippen molar-refractivity contribution in [2.24, 2.45) is 7.05 Å². The summed E-state index contributed by atoms with van der Waals surface area (Å²) in [7, 11) is 3.28. The monoisotopic (exact) mass is 484 g/mol. The Bertz CT molecular complexity index is 1030. The van der Waals surface area contributed by atoms with Crippen molar-refractivity contribution in [2.45, 2.75) is 32.4 Å². The fourth-order valence-electron chi connectivity index (χ4n) is 3.72. The van der Waals surface area contributed by atoms with Crippen molar-refractivity contribution in [3.63, 3.8) is 0 Å². The standard InChI is InChI=1S/C21H26Cl2N4O3S/c1-5-15-19(25-16-10-27(21(31)29-4)11-17(16)30-6-2)26(3)20(28)18(24-15)13-8-7-12(22)9-14(13)23/h7-9,16-17,25H,5-6,10-11H2,1-4H3/t16-,17+/m1/s1. The van der Waals surface area contributed by atoms with Crippen LogP contribution in [0.2, 0.25) is 10.0 Å². The Hall–Kier alpha value is -1.87. The highest BCUT2D eigenvalue weighted by Gasteiger charge is 2.36. The van der Waals surface area contributed by atoms with Gasteiger partial charge in [-0.2, -0.15) is 0 Å². The highest BCUT2D eigenvalue weighted by Crippen LogP contribution is 2.29. The number of ether oxygens (including phenoxy) is 2. The van der Waals surface area contributed by atoms with Gasteiger partial charge in [0.25, 0.3) is 10.7 Å². The predicted molar refractivity (Wildman–Crippen MR) is 128 cm³/mol. The van der Waals surface area contributed by atoms with Crippen molar-refractivity contribution in [2.75, 3.05) is 32.1 Å². The van der Waals surface area contributed by atoms with Gasteiger partial charge in [0.15, 0.2) is 0 Å². The minimum atomic E-state index is -0.251. The summed E-state index contributed by atoms with van der Waals surface area (Å²) in [5.74, 6) is 0.654. The van der Waals surface area contributed by atoms with Crippen molar-refractivity contribution >= 4 is 46.4 Å². The number of aryl methyl sites for hydroxylation is 1. The number of benzene rings is 1. The van der Waals surface area contributed by atoms with Gasteiger partial charge in [-0.15, -0.1) is 0 Å². The summed E-state index contributed by atoms with van der Waals surface area (Å²) in [6.07, 6.45) is 0.518. The van der Waals surface area contributed by atoms with Gasteiger partial charge in [-0.3, -0.25) is 9.36 Å². The molecule has 2 aromatic rings. The molecule has 3 rings (SSSR count). The van der Waals surface area contributed by atoms with Crippen LogP contribution in [0.25, 0.3) is 11.3 Å². The van der Waals surface area contributed by atoms with Gasteiger partial charge in [-0.1, -0.05) is 30.1 Å². The van der Waals surface area contributed by atoms with E-state index in [1.165, 1.54) is 0 Å². The van der Waals surface area contributed by atoms with E-state index in [2.05, 4.69) is 10.3 Å². The largest absolute Gasteiger partial charge is 0.474 e. The second-order valence-electron chi connectivity index (χ2n) is 7.22. The molecule has 0 bridgehead atoms. The van der Waals surface area contributed by atoms with Crippen molar-refractivity contribution in [3.8, 4) is 11.3 Å². The number of nitrogens with one attached hydrogen (secondary N) is 1. The van der Waals surface area contributed by atoms with Crippen LogP contribution in [0.15, 0.2) is 23.0 Å². The van der Waals surface area contributed by atoms with E-state index in [0.717, 1.165) is 5.69 Å². The van der Waals surface area contributed by atoms with E-state index in [1.807, 2.05) is 18.7 Å². The summed E-state index contributed by atoms with van der Waals surface area (Å²) in [6, 6.07) is 4.93. The smallest absolute Gasteiger partial charge is 0.278 e. The first kappa shape index (κ1) is 23.8. The van der Waals surface area contributed by atoms with Crippen molar-refractivity contribution in [1.82, 2.24) is 14.5 Å². The molecule has 0 amide bonds. The van der Waals surface area contributed by atoms with Crippen LogP contribution in [0, 0.1) is 0 Å². The van der Waals surface area contributed by atoms with Gasteiger partial charge in [0.1, 0.15) is 11.5 Å². The van der Waals surface area contributed by atoms with E-state index in [9.17, 15) is 4.79 Å². The number of nitrogens with zero attached hydrogens (tertiary/aromatic N) is 3. The molecular weight excluding hydrogens is 459 g/mol. The van der Waals surface area contributed by atoms with Crippen LogP contribution in [-0.4, -0.2) is 58.6 Å². The van der Waals surface area contributed by atoms with Crippen LogP contribution < -0.4 is 10.9 Å². The Labute approximate surface area is 197 Å². The Morgan fingerprint density at radius 1 is 1.32 bits per heavy atom. The van der Waals surface area contributed by atoms with Crippen LogP contribution in [0.3, 0.4) is 0 Å². The number of anilines is 1. The van der Waals surface area contributed by atoms with Gasteiger partial charge in [-0.05, 0) is 43.8 Å². The summed E-state index contributed by atoms with van der Waals surface area (Å²) in [4.78, 5) is 19.8. The lowest BCUT2D eigenvalue weighted by Gasteiger charge is -2.24. The zero-order valence-corrected chi connectivity index (χ0v) is 20.3. The van der Waals surface area contributed by atoms with E-state index < -0.39 is 0 Å². The maximum Gasteiger partial charge on any atom is 0.278 e. The third kappa shape index (κ3) is 4.98. The number of rotatable bonds is 6. The number of hydrogen-bond donors (Lipinski definition) is 1. The van der Waals surface area contributed by atoms with Gasteiger partial charge >= 0.3 is 0 Å². The van der Waals surface area contributed by atoms with Gasteiger partial charge in [0, 0.05) is 37.3 Å². The van der Waals surface area contributed by atoms with Crippen molar-refractivity contribution in [3.05, 3.63) is 44.3 Å². The molecule has 168 valence electrons. The zero-order valence-electron chi connectivity index (χ0n) is 17.9. The molecule has 1 aliphatic heterocycles. The fourth-order valence-corrected chi connectivity index (χ4v) is 4.37. The first-order valence-electron chi connectivity index (χ1n) is 10.1. The lowest BCUT2D eigenvalue weighted by atomic mass is 10.1. The van der Waals surface area contributed by atoms with Crippen molar-refractivity contribution in [1.29, 1.82) is 0 Å². The molecule has 0 saturated carbocycles. The molecule has 7 nitrogen and oxygen atoms in total. The fraction of sp³-hybridized carbons (Fsp3) is 0.476. The van der Waals surface area contributed by atoms with E-state index in [1.54, 1.807) is 36.9 Å². The summed E-state index contributed by atoms with van der Waals surface area (Å²) < 4.78 is 12.7. The van der Waals surface area contributed by atoms with E-state index in [0.29, 0.717) is 58.4 Å². The first-order valence-corrected chi connectivity index (χ1v) is 11.2. The lowest BCUT2D eigenvalue weighted by Crippen LogP contribution is -2.37. The number of aromatic nitrogens is 2. The van der Waals surface area contributed by atoms with Gasteiger partial charge in [-0.25, -0.2) is 4.98 Å². The van der Waals surface area contributed by atoms with Crippen LogP contribution in [-0.2, 0) is 22.9 Å². The number of hydrogen-bond acceptors (Lipinski definition) is 6. The lowest BCUT2D eigenvalue weighted by molar-refractivity contribution is 0.0662. The molecule has 2 atom stereocenters. The normalized spacial score (nSPS) is 18.3. The molecule has 10 heteroatoms. The molecule has 1 aliphatic rings. The molecule has 1 fully saturated rings. The molecule has 1 saturated heterocycles. The van der Waals surface area contributed by atoms with Gasteiger partial charge in [0.05, 0.1) is 30.0 Å². The Morgan fingerprint density at radius 2 is 2.06 bits per heavy atom. The number of halogens is 2. The summed E-state index contributed by atoms with van der Waals surface area (Å²) in [6.45, 7) is 5.72.